The second-order valence-electron chi connectivity index (χ2n) is 33.8. The maximum atomic E-state index is 9.73. The lowest BCUT2D eigenvalue weighted by molar-refractivity contribution is -0.114. The van der Waals surface area contributed by atoms with Crippen molar-refractivity contribution in [2.24, 2.45) is 0 Å². The molecule has 15 heteroatoms. The first kappa shape index (κ1) is 84.4. The monoisotopic (exact) mass is 1250 g/mol. The Kier molecular flexibility index (Phi) is 38.1. The molecule has 0 spiro atoms. The molecule has 0 amide bonds. The SMILES string of the molecule is CC(C)(C)OC1CC1.CC(C)(C)OC1CCCC1O.CC(C)(C)OC1CCCC1O.CC(C)(C)OC1CCCOC1.CC(C)(C)OCC1CCCCO1.CC(C)(C)OCCC1(O)CCC1.CC(C)(C)O[C@@H]1CCC[C@@H]1O.CC(C)(C)O[C@@H]1CCC[C@@H]1O. The van der Waals surface area contributed by atoms with Crippen LogP contribution in [0.15, 0.2) is 0 Å². The summed E-state index contributed by atoms with van der Waals surface area (Å²) in [5.41, 5.74) is -0.878. The van der Waals surface area contributed by atoms with E-state index in [0.717, 1.165) is 142 Å². The van der Waals surface area contributed by atoms with E-state index >= 15 is 0 Å². The van der Waals surface area contributed by atoms with E-state index in [0.29, 0.717) is 24.9 Å². The Morgan fingerprint density at radius 3 is 0.931 bits per heavy atom. The van der Waals surface area contributed by atoms with E-state index < -0.39 is 0 Å². The van der Waals surface area contributed by atoms with Crippen LogP contribution in [0.5, 0.6) is 0 Å². The van der Waals surface area contributed by atoms with Crippen molar-refractivity contribution in [2.75, 3.05) is 33.0 Å². The molecule has 6 aliphatic carbocycles. The van der Waals surface area contributed by atoms with E-state index in [4.69, 9.17) is 47.4 Å². The molecule has 8 fully saturated rings. The van der Waals surface area contributed by atoms with Crippen LogP contribution >= 0.6 is 0 Å². The van der Waals surface area contributed by atoms with E-state index in [2.05, 4.69) is 62.3 Å². The summed E-state index contributed by atoms with van der Waals surface area (Å²) in [7, 11) is 0. The molecule has 0 aromatic carbocycles. The second kappa shape index (κ2) is 39.3. The van der Waals surface area contributed by atoms with Crippen LogP contribution in [-0.4, -0.2) is 176 Å². The third-order valence-corrected chi connectivity index (χ3v) is 14.7. The number of rotatable bonds is 11. The van der Waals surface area contributed by atoms with Gasteiger partial charge in [0.25, 0.3) is 0 Å². The van der Waals surface area contributed by atoms with Crippen molar-refractivity contribution in [1.29, 1.82) is 0 Å². The van der Waals surface area contributed by atoms with Crippen LogP contribution in [0.3, 0.4) is 0 Å². The smallest absolute Gasteiger partial charge is 0.0841 e. The zero-order valence-electron chi connectivity index (χ0n) is 61.0. The van der Waals surface area contributed by atoms with Crippen LogP contribution in [0.1, 0.15) is 314 Å². The Hall–Kier alpha value is -0.600. The normalized spacial score (nSPS) is 28.5. The first-order valence-electron chi connectivity index (χ1n) is 34.6. The molecule has 0 aromatic rings. The number of aliphatic hydroxyl groups excluding tert-OH is 4. The first-order valence-corrected chi connectivity index (χ1v) is 34.6. The Balaban J connectivity index is 0.000000498. The van der Waals surface area contributed by atoms with Gasteiger partial charge in [-0.15, -0.1) is 0 Å². The molecule has 15 nitrogen and oxygen atoms in total. The highest BCUT2D eigenvalue weighted by molar-refractivity contribution is 4.88. The van der Waals surface area contributed by atoms with Gasteiger partial charge in [0.15, 0.2) is 0 Å². The summed E-state index contributed by atoms with van der Waals surface area (Å²) < 4.78 is 56.0. The largest absolute Gasteiger partial charge is 0.390 e. The summed E-state index contributed by atoms with van der Waals surface area (Å²) in [4.78, 5) is 0. The molecule has 5 N–H and O–H groups in total. The lowest BCUT2D eigenvalue weighted by Gasteiger charge is -2.37. The Labute approximate surface area is 535 Å². The summed E-state index contributed by atoms with van der Waals surface area (Å²) >= 11 is 0. The minimum absolute atomic E-state index is 0.0225. The summed E-state index contributed by atoms with van der Waals surface area (Å²) in [6.07, 6.45) is 25.1. The molecule has 6 unspecified atom stereocenters. The van der Waals surface area contributed by atoms with E-state index in [1.54, 1.807) is 0 Å². The quantitative estimate of drug-likeness (QED) is 0.131. The molecule has 10 atom stereocenters. The molecule has 0 bridgehead atoms. The van der Waals surface area contributed by atoms with Crippen molar-refractivity contribution in [3.63, 3.8) is 0 Å². The molecule has 2 aliphatic heterocycles. The van der Waals surface area contributed by atoms with Crippen molar-refractivity contribution >= 4 is 0 Å². The molecular formula is C72H144O15. The standard InChI is InChI=1S/2C10H20O2.5C9H18O2.C7H14O/c1-9(2,3)12-8-7-10(11)5-4-6-10;1-10(2,3)12-8-9-6-4-5-7-11-9;1-9(2,3)11-8-5-4-6-10-7-8;4*1-9(2,3)11-8-6-4-5-7(8)10;1-7(2,3)8-6-4-5-6/h11H,4-8H2,1-3H3;9H,4-8H2,1-3H3;8H,4-7H2,1-3H3;4*7-8,10H,4-6H2,1-3H3;6H,4-5H2,1-3H3/t;;;2*7-,8+;;;/m...00.../s1. The van der Waals surface area contributed by atoms with Crippen molar-refractivity contribution < 1.29 is 72.9 Å². The molecule has 2 heterocycles. The molecule has 6 saturated carbocycles. The third kappa shape index (κ3) is 48.7. The first-order chi connectivity index (χ1) is 39.6. The van der Waals surface area contributed by atoms with Gasteiger partial charge in [0, 0.05) is 13.2 Å². The Bertz CT molecular complexity index is 1570. The van der Waals surface area contributed by atoms with Crippen LogP contribution < -0.4 is 0 Å². The molecule has 2 saturated heterocycles. The van der Waals surface area contributed by atoms with Crippen LogP contribution in [0.2, 0.25) is 0 Å². The molecule has 8 aliphatic rings. The van der Waals surface area contributed by atoms with Gasteiger partial charge >= 0.3 is 0 Å². The number of ether oxygens (including phenoxy) is 10. The maximum absolute atomic E-state index is 9.73. The van der Waals surface area contributed by atoms with Gasteiger partial charge in [-0.1, -0.05) is 0 Å². The summed E-state index contributed by atoms with van der Waals surface area (Å²) in [5.74, 6) is 0. The number of aliphatic hydroxyl groups is 5. The lowest BCUT2D eigenvalue weighted by atomic mass is 9.78. The van der Waals surface area contributed by atoms with Crippen LogP contribution in [0, 0.1) is 0 Å². The van der Waals surface area contributed by atoms with Gasteiger partial charge < -0.3 is 72.9 Å². The van der Waals surface area contributed by atoms with Crippen LogP contribution in [-0.2, 0) is 47.4 Å². The van der Waals surface area contributed by atoms with Crippen LogP contribution in [0.25, 0.3) is 0 Å². The summed E-state index contributed by atoms with van der Waals surface area (Å²) in [6, 6.07) is 0. The zero-order valence-corrected chi connectivity index (χ0v) is 61.0. The van der Waals surface area contributed by atoms with Gasteiger partial charge in [-0.25, -0.2) is 0 Å². The van der Waals surface area contributed by atoms with Gasteiger partial charge in [-0.05, 0) is 314 Å². The van der Waals surface area contributed by atoms with Gasteiger partial charge in [0.1, 0.15) is 0 Å². The Morgan fingerprint density at radius 2 is 0.701 bits per heavy atom. The van der Waals surface area contributed by atoms with Gasteiger partial charge in [0.2, 0.25) is 0 Å². The Morgan fingerprint density at radius 1 is 0.345 bits per heavy atom. The van der Waals surface area contributed by atoms with Gasteiger partial charge in [-0.3, -0.25) is 0 Å². The van der Waals surface area contributed by atoms with Crippen molar-refractivity contribution in [2.45, 2.75) is 431 Å². The molecule has 0 aromatic heterocycles. The van der Waals surface area contributed by atoms with Gasteiger partial charge in [0.05, 0.1) is 137 Å². The fourth-order valence-electron chi connectivity index (χ4n) is 10.6. The average molecular weight is 1250 g/mol. The van der Waals surface area contributed by atoms with Crippen molar-refractivity contribution in [3.05, 3.63) is 0 Å². The molecule has 8 rings (SSSR count). The topological polar surface area (TPSA) is 193 Å². The summed E-state index contributed by atoms with van der Waals surface area (Å²) in [5, 5.41) is 47.4. The molecule has 522 valence electrons. The number of hydrogen-bond acceptors (Lipinski definition) is 15. The maximum Gasteiger partial charge on any atom is 0.0841 e. The average Bonchev–Trinajstić information content (AvgIpc) is 3.68. The fourth-order valence-corrected chi connectivity index (χ4v) is 10.6. The van der Waals surface area contributed by atoms with Crippen molar-refractivity contribution in [1.82, 2.24) is 0 Å². The zero-order chi connectivity index (χ0) is 66.7. The molecule has 87 heavy (non-hydrogen) atoms. The third-order valence-electron chi connectivity index (χ3n) is 14.7. The summed E-state index contributed by atoms with van der Waals surface area (Å²) in [6.45, 7) is 53.3. The second-order valence-corrected chi connectivity index (χ2v) is 33.8. The minimum Gasteiger partial charge on any atom is -0.390 e. The van der Waals surface area contributed by atoms with E-state index in [9.17, 15) is 25.5 Å². The number of hydrogen-bond donors (Lipinski definition) is 5. The fraction of sp³-hybridized carbons (Fsp3) is 1.00. The predicted octanol–water partition coefficient (Wildman–Crippen LogP) is 15.3. The lowest BCUT2D eigenvalue weighted by Crippen LogP contribution is -2.38. The predicted molar refractivity (Wildman–Crippen MR) is 355 cm³/mol. The van der Waals surface area contributed by atoms with Crippen molar-refractivity contribution in [3.8, 4) is 0 Å². The highest BCUT2D eigenvalue weighted by atomic mass is 16.6. The van der Waals surface area contributed by atoms with E-state index in [-0.39, 0.29) is 99.2 Å². The van der Waals surface area contributed by atoms with Gasteiger partial charge in [-0.2, -0.15) is 0 Å². The van der Waals surface area contributed by atoms with E-state index in [1.807, 2.05) is 104 Å². The molecule has 0 radical (unpaired) electrons. The van der Waals surface area contributed by atoms with E-state index in [1.165, 1.54) is 32.1 Å². The minimum atomic E-state index is -0.384. The molecular weight excluding hydrogens is 1100 g/mol. The highest BCUT2D eigenvalue weighted by Crippen LogP contribution is 2.35. The highest BCUT2D eigenvalue weighted by Gasteiger charge is 2.35. The van der Waals surface area contributed by atoms with Crippen LogP contribution in [0.4, 0.5) is 0 Å².